The summed E-state index contributed by atoms with van der Waals surface area (Å²) in [5.41, 5.74) is 2.13. The number of rotatable bonds is 6. The summed E-state index contributed by atoms with van der Waals surface area (Å²) < 4.78 is 11.2. The lowest BCUT2D eigenvalue weighted by molar-refractivity contribution is 0.0528. The van der Waals surface area contributed by atoms with Gasteiger partial charge in [0.15, 0.2) is 0 Å². The fourth-order valence-corrected chi connectivity index (χ4v) is 2.78. The van der Waals surface area contributed by atoms with Gasteiger partial charge < -0.3 is 14.8 Å². The molecule has 148 valence electrons. The summed E-state index contributed by atoms with van der Waals surface area (Å²) in [6.07, 6.45) is 1.72. The number of carbonyl (C=O) groups excluding carboxylic acids is 1. The summed E-state index contributed by atoms with van der Waals surface area (Å²) in [5, 5.41) is 11.7. The maximum absolute atomic E-state index is 11.8. The predicted molar refractivity (Wildman–Crippen MR) is 107 cm³/mol. The maximum Gasteiger partial charge on any atom is 0.407 e. The Morgan fingerprint density at radius 1 is 1.25 bits per heavy atom. The number of amides is 1. The van der Waals surface area contributed by atoms with E-state index in [-0.39, 0.29) is 5.92 Å². The number of nitrogens with one attached hydrogen (secondary N) is 1. The van der Waals surface area contributed by atoms with Crippen molar-refractivity contribution in [2.75, 3.05) is 6.54 Å². The van der Waals surface area contributed by atoms with Crippen LogP contribution in [0.15, 0.2) is 36.5 Å². The van der Waals surface area contributed by atoms with Crippen LogP contribution in [0.2, 0.25) is 0 Å². The molecule has 2 aromatic rings. The predicted octanol–water partition coefficient (Wildman–Crippen LogP) is 4.94. The first kappa shape index (κ1) is 21.2. The van der Waals surface area contributed by atoms with E-state index >= 15 is 0 Å². The number of alkyl carbamates (subject to hydrolysis) is 1. The molecule has 0 aliphatic heterocycles. The Hall–Kier alpha value is -3.07. The quantitative estimate of drug-likeness (QED) is 0.766. The highest BCUT2D eigenvalue weighted by Crippen LogP contribution is 2.33. The van der Waals surface area contributed by atoms with Crippen LogP contribution in [0.4, 0.5) is 4.79 Å². The highest BCUT2D eigenvalue weighted by Gasteiger charge is 2.17. The molecule has 1 heterocycles. The van der Waals surface area contributed by atoms with Gasteiger partial charge in [0.1, 0.15) is 17.4 Å². The number of carbonyl (C=O) groups is 1. The van der Waals surface area contributed by atoms with Crippen molar-refractivity contribution in [3.63, 3.8) is 0 Å². The molecule has 1 amide bonds. The van der Waals surface area contributed by atoms with Gasteiger partial charge in [-0.25, -0.2) is 9.78 Å². The van der Waals surface area contributed by atoms with Gasteiger partial charge in [0.05, 0.1) is 5.56 Å². The molecule has 28 heavy (non-hydrogen) atoms. The average molecular weight is 381 g/mol. The van der Waals surface area contributed by atoms with Crippen LogP contribution < -0.4 is 10.1 Å². The van der Waals surface area contributed by atoms with E-state index in [1.54, 1.807) is 12.1 Å². The van der Waals surface area contributed by atoms with Crippen LogP contribution in [0.1, 0.15) is 57.2 Å². The molecule has 0 bridgehead atoms. The minimum Gasteiger partial charge on any atom is -0.444 e. The number of hydrogen-bond acceptors (Lipinski definition) is 5. The Kier molecular flexibility index (Phi) is 7.00. The summed E-state index contributed by atoms with van der Waals surface area (Å²) in [6, 6.07) is 11.3. The van der Waals surface area contributed by atoms with Crippen LogP contribution in [-0.2, 0) is 11.2 Å². The van der Waals surface area contributed by atoms with Gasteiger partial charge in [-0.05, 0) is 50.8 Å². The molecule has 0 aliphatic carbocycles. The Morgan fingerprint density at radius 3 is 2.57 bits per heavy atom. The lowest BCUT2D eigenvalue weighted by atomic mass is 9.94. The number of ether oxygens (including phenoxy) is 2. The van der Waals surface area contributed by atoms with Crippen molar-refractivity contribution in [1.82, 2.24) is 10.3 Å². The van der Waals surface area contributed by atoms with Crippen molar-refractivity contribution in [2.24, 2.45) is 0 Å². The zero-order valence-corrected chi connectivity index (χ0v) is 17.1. The minimum atomic E-state index is -0.519. The van der Waals surface area contributed by atoms with E-state index in [0.29, 0.717) is 24.4 Å². The van der Waals surface area contributed by atoms with Crippen molar-refractivity contribution < 1.29 is 14.3 Å². The molecule has 6 heteroatoms. The number of hydrogen-bond donors (Lipinski definition) is 1. The highest BCUT2D eigenvalue weighted by atomic mass is 16.6. The van der Waals surface area contributed by atoms with Crippen LogP contribution in [0, 0.1) is 11.3 Å². The van der Waals surface area contributed by atoms with Gasteiger partial charge in [0, 0.05) is 24.4 Å². The molecule has 0 radical (unpaired) electrons. The second-order valence-electron chi connectivity index (χ2n) is 7.76. The summed E-state index contributed by atoms with van der Waals surface area (Å²) in [7, 11) is 0. The molecule has 0 fully saturated rings. The van der Waals surface area contributed by atoms with Crippen LogP contribution in [-0.4, -0.2) is 23.2 Å². The molecule has 0 unspecified atom stereocenters. The van der Waals surface area contributed by atoms with E-state index in [1.807, 2.05) is 45.0 Å². The first-order chi connectivity index (χ1) is 13.2. The molecule has 0 spiro atoms. The van der Waals surface area contributed by atoms with Crippen molar-refractivity contribution >= 4 is 6.09 Å². The zero-order valence-electron chi connectivity index (χ0n) is 17.1. The Labute approximate surface area is 166 Å². The van der Waals surface area contributed by atoms with E-state index in [2.05, 4.69) is 24.1 Å². The van der Waals surface area contributed by atoms with Gasteiger partial charge in [0.2, 0.25) is 5.88 Å². The number of aromatic nitrogens is 1. The molecule has 0 saturated heterocycles. The number of nitriles is 1. The summed E-state index contributed by atoms with van der Waals surface area (Å²) in [5.74, 6) is 1.39. The topological polar surface area (TPSA) is 84.2 Å². The number of pyridine rings is 1. The van der Waals surface area contributed by atoms with E-state index in [4.69, 9.17) is 14.7 Å². The molecule has 1 aromatic heterocycles. The van der Waals surface area contributed by atoms with E-state index < -0.39 is 11.7 Å². The Balaban J connectivity index is 2.11. The first-order valence-corrected chi connectivity index (χ1v) is 9.32. The van der Waals surface area contributed by atoms with Crippen molar-refractivity contribution in [3.05, 3.63) is 53.2 Å². The summed E-state index contributed by atoms with van der Waals surface area (Å²) in [6.45, 7) is 10.2. The van der Waals surface area contributed by atoms with Crippen molar-refractivity contribution in [1.29, 1.82) is 5.26 Å². The van der Waals surface area contributed by atoms with Gasteiger partial charge in [-0.15, -0.1) is 0 Å². The lowest BCUT2D eigenvalue weighted by Crippen LogP contribution is -2.33. The third-order valence-corrected chi connectivity index (χ3v) is 3.88. The van der Waals surface area contributed by atoms with Crippen molar-refractivity contribution in [2.45, 2.75) is 52.6 Å². The molecule has 0 saturated carbocycles. The molecular weight excluding hydrogens is 354 g/mol. The zero-order chi connectivity index (χ0) is 20.7. The van der Waals surface area contributed by atoms with Crippen LogP contribution in [0.25, 0.3) is 0 Å². The van der Waals surface area contributed by atoms with Gasteiger partial charge in [-0.1, -0.05) is 26.0 Å². The number of nitrogens with zero attached hydrogens (tertiary/aromatic N) is 2. The van der Waals surface area contributed by atoms with E-state index in [9.17, 15) is 4.79 Å². The third kappa shape index (κ3) is 6.27. The Bertz CT molecular complexity index is 847. The van der Waals surface area contributed by atoms with E-state index in [0.717, 1.165) is 16.9 Å². The number of benzene rings is 1. The fourth-order valence-electron chi connectivity index (χ4n) is 2.78. The van der Waals surface area contributed by atoms with Crippen LogP contribution in [0.5, 0.6) is 11.6 Å². The maximum atomic E-state index is 11.8. The second-order valence-corrected chi connectivity index (χ2v) is 7.76. The fraction of sp³-hybridized carbons (Fsp3) is 0.409. The molecule has 6 nitrogen and oxygen atoms in total. The molecule has 0 aliphatic rings. The second kappa shape index (κ2) is 9.23. The van der Waals surface area contributed by atoms with Gasteiger partial charge in [-0.3, -0.25) is 0 Å². The smallest absolute Gasteiger partial charge is 0.407 e. The lowest BCUT2D eigenvalue weighted by Gasteiger charge is -2.20. The summed E-state index contributed by atoms with van der Waals surface area (Å²) >= 11 is 0. The van der Waals surface area contributed by atoms with Crippen LogP contribution >= 0.6 is 0 Å². The molecule has 2 rings (SSSR count). The summed E-state index contributed by atoms with van der Waals surface area (Å²) in [4.78, 5) is 16.0. The molecule has 1 aromatic carbocycles. The largest absolute Gasteiger partial charge is 0.444 e. The van der Waals surface area contributed by atoms with Gasteiger partial charge in [-0.2, -0.15) is 5.26 Å². The third-order valence-electron chi connectivity index (χ3n) is 3.88. The van der Waals surface area contributed by atoms with Gasteiger partial charge >= 0.3 is 6.09 Å². The first-order valence-electron chi connectivity index (χ1n) is 9.32. The molecule has 1 N–H and O–H groups in total. The minimum absolute atomic E-state index is 0.228. The Morgan fingerprint density at radius 2 is 2.00 bits per heavy atom. The molecule has 0 atom stereocenters. The van der Waals surface area contributed by atoms with Gasteiger partial charge in [0.25, 0.3) is 0 Å². The standard InChI is InChI=1S/C22H27N3O3/c1-15(2)20-17(11-12-24-21(26)28-22(3,4)5)7-6-8-18(20)27-19-10-9-16(13-23)14-25-19/h6-10,14-15H,11-12H2,1-5H3,(H,24,26). The highest BCUT2D eigenvalue weighted by molar-refractivity contribution is 5.67. The van der Waals surface area contributed by atoms with E-state index in [1.165, 1.54) is 6.20 Å². The van der Waals surface area contributed by atoms with Crippen molar-refractivity contribution in [3.8, 4) is 17.7 Å². The average Bonchev–Trinajstić information content (AvgIpc) is 2.60. The SMILES string of the molecule is CC(C)c1c(CCNC(=O)OC(C)(C)C)cccc1Oc1ccc(C#N)cn1. The monoisotopic (exact) mass is 381 g/mol. The molecular formula is C22H27N3O3. The van der Waals surface area contributed by atoms with Crippen LogP contribution in [0.3, 0.4) is 0 Å². The normalized spacial score (nSPS) is 11.0.